The van der Waals surface area contributed by atoms with Crippen LogP contribution in [-0.2, 0) is 6.42 Å². The first-order chi connectivity index (χ1) is 14.3. The molecule has 1 aliphatic heterocycles. The average Bonchev–Trinajstić information content (AvgIpc) is 3.19. The maximum absolute atomic E-state index is 5.94. The summed E-state index contributed by atoms with van der Waals surface area (Å²) in [6.07, 6.45) is 0.872. The number of amidine groups is 1. The summed E-state index contributed by atoms with van der Waals surface area (Å²) in [4.78, 5) is 4.45. The number of nitrogens with zero attached hydrogens (tertiary/aromatic N) is 2. The molecule has 0 unspecified atom stereocenters. The Morgan fingerprint density at radius 2 is 1.33 bits per heavy atom. The molecule has 0 amide bonds. The summed E-state index contributed by atoms with van der Waals surface area (Å²) >= 11 is 0. The highest BCUT2D eigenvalue weighted by Crippen LogP contribution is 2.17. The average molecular weight is 424 g/mol. The van der Waals surface area contributed by atoms with E-state index in [9.17, 15) is 0 Å². The largest absolute Gasteiger partial charge is 0.490 e. The number of hydrazine groups is 1. The third kappa shape index (κ3) is 5.75. The quantitative estimate of drug-likeness (QED) is 0.438. The van der Waals surface area contributed by atoms with Crippen LogP contribution in [0.2, 0.25) is 0 Å². The predicted molar refractivity (Wildman–Crippen MR) is 123 cm³/mol. The van der Waals surface area contributed by atoms with Crippen LogP contribution in [0.3, 0.4) is 0 Å². The van der Waals surface area contributed by atoms with Gasteiger partial charge in [0.25, 0.3) is 0 Å². The predicted octanol–water partition coefficient (Wildman–Crippen LogP) is 4.09. The van der Waals surface area contributed by atoms with Crippen molar-refractivity contribution >= 4 is 18.2 Å². The highest BCUT2D eigenvalue weighted by atomic mass is 35.5. The van der Waals surface area contributed by atoms with Crippen LogP contribution < -0.4 is 15.3 Å². The lowest BCUT2D eigenvalue weighted by Gasteiger charge is -2.13. The molecule has 0 atom stereocenters. The van der Waals surface area contributed by atoms with E-state index >= 15 is 0 Å². The molecule has 0 bridgehead atoms. The molecule has 30 heavy (non-hydrogen) atoms. The zero-order valence-corrected chi connectivity index (χ0v) is 17.6. The molecule has 4 rings (SSSR count). The van der Waals surface area contributed by atoms with Gasteiger partial charge in [-0.1, -0.05) is 54.6 Å². The molecule has 0 aromatic heterocycles. The first kappa shape index (κ1) is 21.7. The Labute approximate surface area is 183 Å². The van der Waals surface area contributed by atoms with Gasteiger partial charge in [0, 0.05) is 5.56 Å². The number of halogens is 1. The number of hydrogen-bond donors (Lipinski definition) is 1. The van der Waals surface area contributed by atoms with Crippen molar-refractivity contribution in [3.8, 4) is 11.5 Å². The number of para-hydroxylation sites is 1. The number of rotatable bonds is 8. The molecule has 0 spiro atoms. The Morgan fingerprint density at radius 1 is 0.767 bits per heavy atom. The second-order valence-corrected chi connectivity index (χ2v) is 6.93. The fraction of sp³-hybridized carbons (Fsp3) is 0.208. The Bertz CT molecular complexity index is 944. The van der Waals surface area contributed by atoms with Gasteiger partial charge in [-0.3, -0.25) is 10.0 Å². The Hall–Kier alpha value is -3.02. The molecule has 1 aliphatic rings. The van der Waals surface area contributed by atoms with E-state index in [0.29, 0.717) is 13.2 Å². The van der Waals surface area contributed by atoms with E-state index in [4.69, 9.17) is 15.3 Å². The summed E-state index contributed by atoms with van der Waals surface area (Å²) in [5, 5.41) is 1.71. The Morgan fingerprint density at radius 3 is 1.90 bits per heavy atom. The summed E-state index contributed by atoms with van der Waals surface area (Å²) in [6.45, 7) is 2.58. The van der Waals surface area contributed by atoms with Gasteiger partial charge in [-0.2, -0.15) is 0 Å². The first-order valence-electron chi connectivity index (χ1n) is 9.83. The lowest BCUT2D eigenvalue weighted by molar-refractivity contribution is 0.217. The van der Waals surface area contributed by atoms with Crippen LogP contribution in [0.5, 0.6) is 11.5 Å². The second kappa shape index (κ2) is 10.7. The molecule has 3 aromatic carbocycles. The second-order valence-electron chi connectivity index (χ2n) is 6.93. The number of benzene rings is 3. The fourth-order valence-corrected chi connectivity index (χ4v) is 3.26. The third-order valence-corrected chi connectivity index (χ3v) is 4.78. The Balaban J connectivity index is 0.00000256. The van der Waals surface area contributed by atoms with Crippen molar-refractivity contribution < 1.29 is 9.47 Å². The van der Waals surface area contributed by atoms with Gasteiger partial charge in [0.2, 0.25) is 0 Å². The molecule has 0 aliphatic carbocycles. The van der Waals surface area contributed by atoms with E-state index in [1.807, 2.05) is 42.5 Å². The van der Waals surface area contributed by atoms with Crippen molar-refractivity contribution in [3.63, 3.8) is 0 Å². The lowest BCUT2D eigenvalue weighted by Crippen LogP contribution is -2.34. The van der Waals surface area contributed by atoms with E-state index in [1.54, 1.807) is 5.01 Å². The summed E-state index contributed by atoms with van der Waals surface area (Å²) in [7, 11) is 0. The number of ether oxygens (including phenoxy) is 2. The molecule has 0 saturated carbocycles. The molecule has 0 saturated heterocycles. The minimum Gasteiger partial charge on any atom is -0.490 e. The van der Waals surface area contributed by atoms with Gasteiger partial charge in [0.1, 0.15) is 30.5 Å². The minimum atomic E-state index is 0. The zero-order valence-electron chi connectivity index (χ0n) is 16.7. The Kier molecular flexibility index (Phi) is 7.71. The minimum absolute atomic E-state index is 0. The fourth-order valence-electron chi connectivity index (χ4n) is 3.26. The van der Waals surface area contributed by atoms with Crippen LogP contribution in [0.1, 0.15) is 16.7 Å². The molecule has 5 nitrogen and oxygen atoms in total. The summed E-state index contributed by atoms with van der Waals surface area (Å²) in [6, 6.07) is 26.4. The SMILES string of the molecule is Cl.NN1CCN=C1c1ccc(Cc2ccc(OCCOc3ccccc3)cc2)cc1. The van der Waals surface area contributed by atoms with Crippen LogP contribution in [-0.4, -0.2) is 37.1 Å². The van der Waals surface area contributed by atoms with E-state index in [2.05, 4.69) is 41.4 Å². The van der Waals surface area contributed by atoms with Gasteiger partial charge >= 0.3 is 0 Å². The molecule has 1 heterocycles. The normalized spacial score (nSPS) is 12.8. The van der Waals surface area contributed by atoms with Gasteiger partial charge < -0.3 is 9.47 Å². The van der Waals surface area contributed by atoms with Crippen molar-refractivity contribution in [2.75, 3.05) is 26.3 Å². The summed E-state index contributed by atoms with van der Waals surface area (Å²) < 4.78 is 11.4. The van der Waals surface area contributed by atoms with Crippen LogP contribution in [0.4, 0.5) is 0 Å². The molecule has 156 valence electrons. The summed E-state index contributed by atoms with van der Waals surface area (Å²) in [5.74, 6) is 8.52. The lowest BCUT2D eigenvalue weighted by atomic mass is 10.0. The van der Waals surface area contributed by atoms with Gasteiger partial charge in [-0.05, 0) is 41.8 Å². The van der Waals surface area contributed by atoms with E-state index < -0.39 is 0 Å². The van der Waals surface area contributed by atoms with Crippen LogP contribution >= 0.6 is 12.4 Å². The molecular weight excluding hydrogens is 398 g/mol. The van der Waals surface area contributed by atoms with Crippen molar-refractivity contribution in [2.45, 2.75) is 6.42 Å². The van der Waals surface area contributed by atoms with Gasteiger partial charge in [0.05, 0.1) is 13.1 Å². The topological polar surface area (TPSA) is 60.1 Å². The maximum Gasteiger partial charge on any atom is 0.145 e. The van der Waals surface area contributed by atoms with Crippen molar-refractivity contribution in [1.82, 2.24) is 5.01 Å². The first-order valence-corrected chi connectivity index (χ1v) is 9.83. The van der Waals surface area contributed by atoms with E-state index in [-0.39, 0.29) is 12.4 Å². The molecular formula is C24H26ClN3O2. The van der Waals surface area contributed by atoms with Crippen LogP contribution in [0.15, 0.2) is 83.9 Å². The van der Waals surface area contributed by atoms with Crippen molar-refractivity contribution in [1.29, 1.82) is 0 Å². The van der Waals surface area contributed by atoms with Gasteiger partial charge in [-0.15, -0.1) is 12.4 Å². The number of aliphatic imine (C=N–C) groups is 1. The number of hydrogen-bond acceptors (Lipinski definition) is 5. The van der Waals surface area contributed by atoms with Crippen molar-refractivity contribution in [3.05, 3.63) is 95.6 Å². The van der Waals surface area contributed by atoms with E-state index in [0.717, 1.165) is 42.4 Å². The van der Waals surface area contributed by atoms with E-state index in [1.165, 1.54) is 11.1 Å². The van der Waals surface area contributed by atoms with Crippen molar-refractivity contribution in [2.24, 2.45) is 10.8 Å². The monoisotopic (exact) mass is 423 g/mol. The zero-order chi connectivity index (χ0) is 19.9. The molecule has 6 heteroatoms. The molecule has 0 radical (unpaired) electrons. The van der Waals surface area contributed by atoms with Gasteiger partial charge in [-0.25, -0.2) is 5.84 Å². The van der Waals surface area contributed by atoms with Gasteiger partial charge in [0.15, 0.2) is 0 Å². The highest BCUT2D eigenvalue weighted by molar-refractivity contribution is 5.99. The van der Waals surface area contributed by atoms with Crippen LogP contribution in [0, 0.1) is 0 Å². The molecule has 0 fully saturated rings. The maximum atomic E-state index is 5.94. The van der Waals surface area contributed by atoms with Crippen LogP contribution in [0.25, 0.3) is 0 Å². The smallest absolute Gasteiger partial charge is 0.145 e. The standard InChI is InChI=1S/C24H25N3O2.ClH/c25-27-15-14-26-24(27)21-10-6-19(7-11-21)18-20-8-12-23(13-9-20)29-17-16-28-22-4-2-1-3-5-22;/h1-13H,14-18,25H2;1H. The molecule has 2 N–H and O–H groups in total. The third-order valence-electron chi connectivity index (χ3n) is 4.78. The summed E-state index contributed by atoms with van der Waals surface area (Å²) in [5.41, 5.74) is 3.56. The number of nitrogens with two attached hydrogens (primary N) is 1. The molecule has 3 aromatic rings. The highest BCUT2D eigenvalue weighted by Gasteiger charge is 2.14.